The molecule has 0 aliphatic heterocycles. The van der Waals surface area contributed by atoms with Crippen LogP contribution in [0.2, 0.25) is 4.47 Å². The topological polar surface area (TPSA) is 42.4 Å². The van der Waals surface area contributed by atoms with E-state index in [1.54, 1.807) is 7.11 Å². The van der Waals surface area contributed by atoms with Gasteiger partial charge in [-0.15, -0.1) is 11.3 Å². The van der Waals surface area contributed by atoms with Gasteiger partial charge in [-0.2, -0.15) is 0 Å². The van der Waals surface area contributed by atoms with Crippen LogP contribution in [0.5, 0.6) is 5.75 Å². The average molecular weight is 348 g/mol. The molecule has 0 aliphatic carbocycles. The van der Waals surface area contributed by atoms with Crippen LogP contribution in [0, 0.1) is 0 Å². The maximum atomic E-state index is 11.0. The predicted molar refractivity (Wildman–Crippen MR) is 95.8 cm³/mol. The highest BCUT2D eigenvalue weighted by molar-refractivity contribution is 7.22. The largest absolute Gasteiger partial charge is 0.497 e. The number of halogens is 1. The number of aliphatic hydroxyl groups excluding tert-OH is 1. The molecule has 0 bridgehead atoms. The highest BCUT2D eigenvalue weighted by Gasteiger charge is 2.21. The fraction of sp³-hybridized carbons (Fsp3) is 0.278. The van der Waals surface area contributed by atoms with Crippen molar-refractivity contribution in [2.75, 3.05) is 7.11 Å². The third kappa shape index (κ3) is 3.07. The van der Waals surface area contributed by atoms with Crippen LogP contribution in [0.25, 0.3) is 10.2 Å². The van der Waals surface area contributed by atoms with E-state index in [0.717, 1.165) is 26.9 Å². The van der Waals surface area contributed by atoms with Crippen LogP contribution in [-0.2, 0) is 0 Å². The van der Waals surface area contributed by atoms with Crippen molar-refractivity contribution in [1.29, 1.82) is 0 Å². The molecule has 1 heterocycles. The Labute approximate surface area is 144 Å². The van der Waals surface area contributed by atoms with Gasteiger partial charge in [0.2, 0.25) is 0 Å². The number of aromatic nitrogens is 1. The lowest BCUT2D eigenvalue weighted by atomic mass is 9.90. The van der Waals surface area contributed by atoms with Crippen LogP contribution in [0.4, 0.5) is 0 Å². The zero-order valence-corrected chi connectivity index (χ0v) is 14.8. The monoisotopic (exact) mass is 347 g/mol. The van der Waals surface area contributed by atoms with Gasteiger partial charge in [0.25, 0.3) is 0 Å². The summed E-state index contributed by atoms with van der Waals surface area (Å²) in [5.41, 5.74) is 3.46. The van der Waals surface area contributed by atoms with E-state index in [4.69, 9.17) is 16.3 Å². The molecule has 0 saturated carbocycles. The molecule has 0 radical (unpaired) electrons. The second-order valence-electron chi connectivity index (χ2n) is 5.72. The van der Waals surface area contributed by atoms with Crippen molar-refractivity contribution in [3.05, 3.63) is 57.6 Å². The number of benzene rings is 2. The lowest BCUT2D eigenvalue weighted by Crippen LogP contribution is -2.06. The Balaban J connectivity index is 2.20. The van der Waals surface area contributed by atoms with E-state index in [0.29, 0.717) is 16.1 Å². The summed E-state index contributed by atoms with van der Waals surface area (Å²) in [6.07, 6.45) is -0.774. The van der Waals surface area contributed by atoms with E-state index < -0.39 is 6.10 Å². The molecule has 0 spiro atoms. The summed E-state index contributed by atoms with van der Waals surface area (Å²) in [6.45, 7) is 4.23. The zero-order valence-electron chi connectivity index (χ0n) is 13.2. The number of methoxy groups -OCH3 is 1. The molecular weight excluding hydrogens is 330 g/mol. The van der Waals surface area contributed by atoms with Gasteiger partial charge in [-0.1, -0.05) is 49.7 Å². The number of hydrogen-bond acceptors (Lipinski definition) is 4. The molecule has 0 aliphatic rings. The number of rotatable bonds is 4. The minimum atomic E-state index is -0.774. The van der Waals surface area contributed by atoms with Gasteiger partial charge in [0, 0.05) is 5.56 Å². The molecular formula is C18H18ClNO2S. The Morgan fingerprint density at radius 2 is 1.83 bits per heavy atom. The Hall–Kier alpha value is -1.62. The van der Waals surface area contributed by atoms with Crippen LogP contribution in [-0.4, -0.2) is 17.2 Å². The predicted octanol–water partition coefficient (Wildman–Crippen LogP) is 5.16. The third-order valence-electron chi connectivity index (χ3n) is 3.91. The number of thiazole rings is 1. The molecule has 23 heavy (non-hydrogen) atoms. The quantitative estimate of drug-likeness (QED) is 0.708. The van der Waals surface area contributed by atoms with Gasteiger partial charge in [0.05, 0.1) is 17.3 Å². The maximum absolute atomic E-state index is 11.0. The molecule has 0 fully saturated rings. The van der Waals surface area contributed by atoms with Gasteiger partial charge in [-0.25, -0.2) is 4.98 Å². The first kappa shape index (κ1) is 16.2. The minimum Gasteiger partial charge on any atom is -0.497 e. The molecule has 0 saturated heterocycles. The Morgan fingerprint density at radius 3 is 2.48 bits per heavy atom. The van der Waals surface area contributed by atoms with Crippen LogP contribution >= 0.6 is 22.9 Å². The summed E-state index contributed by atoms with van der Waals surface area (Å²) in [5.74, 6) is 1.01. The van der Waals surface area contributed by atoms with E-state index in [1.165, 1.54) is 11.3 Å². The summed E-state index contributed by atoms with van der Waals surface area (Å²) in [6, 6.07) is 11.7. The van der Waals surface area contributed by atoms with E-state index in [2.05, 4.69) is 24.9 Å². The average Bonchev–Trinajstić information content (AvgIpc) is 2.93. The fourth-order valence-corrected chi connectivity index (χ4v) is 3.87. The Bertz CT molecular complexity index is 844. The first-order valence-corrected chi connectivity index (χ1v) is 8.61. The second kappa shape index (κ2) is 6.48. The van der Waals surface area contributed by atoms with Crippen molar-refractivity contribution in [3.8, 4) is 5.75 Å². The van der Waals surface area contributed by atoms with E-state index in [9.17, 15) is 5.11 Å². The Kier molecular flexibility index (Phi) is 4.57. The number of ether oxygens (including phenoxy) is 1. The van der Waals surface area contributed by atoms with Gasteiger partial charge in [-0.05, 0) is 29.2 Å². The summed E-state index contributed by atoms with van der Waals surface area (Å²) in [7, 11) is 1.61. The molecule has 2 aromatic carbocycles. The van der Waals surface area contributed by atoms with Crippen molar-refractivity contribution in [1.82, 2.24) is 4.98 Å². The van der Waals surface area contributed by atoms with Crippen LogP contribution < -0.4 is 4.74 Å². The van der Waals surface area contributed by atoms with Gasteiger partial charge in [-0.3, -0.25) is 0 Å². The number of hydrogen-bond donors (Lipinski definition) is 1. The van der Waals surface area contributed by atoms with Crippen molar-refractivity contribution < 1.29 is 9.84 Å². The van der Waals surface area contributed by atoms with Crippen LogP contribution in [0.1, 0.15) is 42.6 Å². The van der Waals surface area contributed by atoms with Gasteiger partial charge in [0.15, 0.2) is 4.47 Å². The second-order valence-corrected chi connectivity index (χ2v) is 7.33. The molecule has 5 heteroatoms. The highest BCUT2D eigenvalue weighted by atomic mass is 35.5. The fourth-order valence-electron chi connectivity index (χ4n) is 2.78. The SMILES string of the molecule is COc1cc(C(O)c2ccccc2C(C)C)c2nc(Cl)sc2c1. The molecule has 1 atom stereocenters. The first-order chi connectivity index (χ1) is 11.0. The summed E-state index contributed by atoms with van der Waals surface area (Å²) < 4.78 is 6.73. The van der Waals surface area contributed by atoms with Crippen LogP contribution in [0.3, 0.4) is 0 Å². The highest BCUT2D eigenvalue weighted by Crippen LogP contribution is 2.38. The molecule has 1 unspecified atom stereocenters. The van der Waals surface area contributed by atoms with Crippen molar-refractivity contribution in [3.63, 3.8) is 0 Å². The summed E-state index contributed by atoms with van der Waals surface area (Å²) in [4.78, 5) is 4.38. The smallest absolute Gasteiger partial charge is 0.184 e. The minimum absolute atomic E-state index is 0.320. The van der Waals surface area contributed by atoms with E-state index >= 15 is 0 Å². The lowest BCUT2D eigenvalue weighted by Gasteiger charge is -2.19. The molecule has 0 amide bonds. The molecule has 120 valence electrons. The Morgan fingerprint density at radius 1 is 1.13 bits per heavy atom. The maximum Gasteiger partial charge on any atom is 0.184 e. The number of fused-ring (bicyclic) bond motifs is 1. The molecule has 1 aromatic heterocycles. The first-order valence-electron chi connectivity index (χ1n) is 7.42. The van der Waals surface area contributed by atoms with Gasteiger partial charge in [0.1, 0.15) is 11.9 Å². The van der Waals surface area contributed by atoms with Crippen LogP contribution in [0.15, 0.2) is 36.4 Å². The van der Waals surface area contributed by atoms with E-state index in [-0.39, 0.29) is 0 Å². The standard InChI is InChI=1S/C18H18ClNO2S/c1-10(2)12-6-4-5-7-13(12)17(21)14-8-11(22-3)9-15-16(14)20-18(19)23-15/h4-10,17,21H,1-3H3. The van der Waals surface area contributed by atoms with Crippen molar-refractivity contribution in [2.24, 2.45) is 0 Å². The van der Waals surface area contributed by atoms with E-state index in [1.807, 2.05) is 30.3 Å². The number of aliphatic hydroxyl groups is 1. The number of nitrogens with zero attached hydrogens (tertiary/aromatic N) is 1. The van der Waals surface area contributed by atoms with Crippen molar-refractivity contribution in [2.45, 2.75) is 25.9 Å². The molecule has 3 nitrogen and oxygen atoms in total. The summed E-state index contributed by atoms with van der Waals surface area (Å²) in [5, 5.41) is 11.0. The van der Waals surface area contributed by atoms with Gasteiger partial charge < -0.3 is 9.84 Å². The van der Waals surface area contributed by atoms with Gasteiger partial charge >= 0.3 is 0 Å². The van der Waals surface area contributed by atoms with Crippen molar-refractivity contribution >= 4 is 33.2 Å². The molecule has 3 aromatic rings. The summed E-state index contributed by atoms with van der Waals surface area (Å²) >= 11 is 7.45. The molecule has 3 rings (SSSR count). The normalized spacial score (nSPS) is 12.8. The lowest BCUT2D eigenvalue weighted by molar-refractivity contribution is 0.219. The third-order valence-corrected chi connectivity index (χ3v) is 5.02. The molecule has 1 N–H and O–H groups in total. The zero-order chi connectivity index (χ0) is 16.6.